The van der Waals surface area contributed by atoms with Crippen LogP contribution in [-0.2, 0) is 0 Å². The first-order valence-electron chi connectivity index (χ1n) is 8.15. The molecular formula is C19H19ClN4O2. The fourth-order valence-corrected chi connectivity index (χ4v) is 2.47. The second-order valence-electron chi connectivity index (χ2n) is 6.67. The molecule has 0 fully saturated rings. The summed E-state index contributed by atoms with van der Waals surface area (Å²) in [6.07, 6.45) is 5.02. The number of hydrogen-bond donors (Lipinski definition) is 2. The summed E-state index contributed by atoms with van der Waals surface area (Å²) in [4.78, 5) is 25.3. The van der Waals surface area contributed by atoms with Gasteiger partial charge in [-0.1, -0.05) is 11.6 Å². The molecule has 7 heteroatoms. The maximum atomic E-state index is 12.5. The molecular weight excluding hydrogens is 352 g/mol. The Morgan fingerprint density at radius 3 is 2.62 bits per heavy atom. The molecule has 2 N–H and O–H groups in total. The molecule has 1 atom stereocenters. The van der Waals surface area contributed by atoms with E-state index < -0.39 is 11.6 Å². The third-order valence-corrected chi connectivity index (χ3v) is 4.50. The lowest BCUT2D eigenvalue weighted by Crippen LogP contribution is -2.47. The fourth-order valence-electron chi connectivity index (χ4n) is 2.36. The molecule has 0 saturated heterocycles. The Morgan fingerprint density at radius 2 is 1.96 bits per heavy atom. The van der Waals surface area contributed by atoms with Crippen LogP contribution in [-0.4, -0.2) is 37.6 Å². The van der Waals surface area contributed by atoms with Gasteiger partial charge in [0, 0.05) is 35.1 Å². The van der Waals surface area contributed by atoms with Crippen molar-refractivity contribution < 1.29 is 9.90 Å². The van der Waals surface area contributed by atoms with Gasteiger partial charge in [-0.05, 0) is 45.0 Å². The lowest BCUT2D eigenvalue weighted by atomic mass is 10.0. The largest absolute Gasteiger partial charge is 0.388 e. The highest BCUT2D eigenvalue weighted by molar-refractivity contribution is 6.29. The highest BCUT2D eigenvalue weighted by Crippen LogP contribution is 2.26. The molecule has 26 heavy (non-hydrogen) atoms. The first kappa shape index (κ1) is 18.2. The van der Waals surface area contributed by atoms with Crippen molar-refractivity contribution in [1.82, 2.24) is 20.3 Å². The molecule has 0 aliphatic rings. The zero-order valence-electron chi connectivity index (χ0n) is 14.7. The molecule has 1 unspecified atom stereocenters. The quantitative estimate of drug-likeness (QED) is 0.688. The number of carbonyl (C=O) groups excluding carboxylic acids is 1. The molecule has 0 bridgehead atoms. The highest BCUT2D eigenvalue weighted by atomic mass is 35.5. The average Bonchev–Trinajstić information content (AvgIpc) is 2.60. The Balaban J connectivity index is 2.01. The van der Waals surface area contributed by atoms with Gasteiger partial charge in [0.15, 0.2) is 0 Å². The molecule has 3 aromatic rings. The number of aromatic nitrogens is 3. The van der Waals surface area contributed by atoms with Gasteiger partial charge in [0.25, 0.3) is 5.91 Å². The SMILES string of the molecule is CC(NC(=O)c1ccc2cncc(-c3ccc(Cl)nc3)c2n1)C(C)(C)O. The molecule has 0 radical (unpaired) electrons. The standard InChI is InChI=1S/C19H19ClN4O2/c1-11(19(2,3)26)23-18(25)15-6-4-13-8-21-10-14(17(13)24-15)12-5-7-16(20)22-9-12/h4-11,26H,1-3H3,(H,23,25). The molecule has 3 heterocycles. The van der Waals surface area contributed by atoms with Crippen LogP contribution in [0, 0.1) is 0 Å². The number of fused-ring (bicyclic) bond motifs is 1. The average molecular weight is 371 g/mol. The van der Waals surface area contributed by atoms with Crippen molar-refractivity contribution in [3.8, 4) is 11.1 Å². The van der Waals surface area contributed by atoms with E-state index in [1.54, 1.807) is 57.6 Å². The smallest absolute Gasteiger partial charge is 0.270 e. The van der Waals surface area contributed by atoms with Gasteiger partial charge in [-0.15, -0.1) is 0 Å². The zero-order chi connectivity index (χ0) is 18.9. The zero-order valence-corrected chi connectivity index (χ0v) is 15.4. The van der Waals surface area contributed by atoms with Gasteiger partial charge in [0.1, 0.15) is 10.8 Å². The predicted octanol–water partition coefficient (Wildman–Crippen LogP) is 3.23. The molecule has 0 saturated carbocycles. The van der Waals surface area contributed by atoms with E-state index in [1.165, 1.54) is 0 Å². The van der Waals surface area contributed by atoms with Gasteiger partial charge >= 0.3 is 0 Å². The van der Waals surface area contributed by atoms with E-state index in [0.717, 1.165) is 16.5 Å². The molecule has 6 nitrogen and oxygen atoms in total. The number of aliphatic hydroxyl groups is 1. The van der Waals surface area contributed by atoms with Crippen LogP contribution in [0.2, 0.25) is 5.15 Å². The van der Waals surface area contributed by atoms with E-state index in [2.05, 4.69) is 20.3 Å². The van der Waals surface area contributed by atoms with E-state index >= 15 is 0 Å². The Kier molecular flexibility index (Phi) is 4.89. The van der Waals surface area contributed by atoms with Crippen LogP contribution in [0.15, 0.2) is 42.9 Å². The van der Waals surface area contributed by atoms with Crippen molar-refractivity contribution in [2.24, 2.45) is 0 Å². The van der Waals surface area contributed by atoms with Crippen molar-refractivity contribution in [2.45, 2.75) is 32.4 Å². The van der Waals surface area contributed by atoms with Crippen LogP contribution in [0.1, 0.15) is 31.3 Å². The maximum absolute atomic E-state index is 12.5. The minimum atomic E-state index is -1.03. The molecule has 0 aliphatic heterocycles. The van der Waals surface area contributed by atoms with Crippen LogP contribution >= 0.6 is 11.6 Å². The second kappa shape index (κ2) is 6.97. The maximum Gasteiger partial charge on any atom is 0.270 e. The minimum absolute atomic E-state index is 0.267. The molecule has 0 aromatic carbocycles. The van der Waals surface area contributed by atoms with Crippen molar-refractivity contribution in [3.05, 3.63) is 53.7 Å². The molecule has 0 aliphatic carbocycles. The third-order valence-electron chi connectivity index (χ3n) is 4.28. The summed E-state index contributed by atoms with van der Waals surface area (Å²) in [5.74, 6) is -0.349. The summed E-state index contributed by atoms with van der Waals surface area (Å²) < 4.78 is 0. The Bertz CT molecular complexity index is 952. The Morgan fingerprint density at radius 1 is 1.19 bits per heavy atom. The van der Waals surface area contributed by atoms with E-state index in [1.807, 2.05) is 6.07 Å². The van der Waals surface area contributed by atoms with Crippen molar-refractivity contribution in [3.63, 3.8) is 0 Å². The summed E-state index contributed by atoms with van der Waals surface area (Å²) >= 11 is 5.85. The number of rotatable bonds is 4. The number of hydrogen-bond acceptors (Lipinski definition) is 5. The molecule has 3 rings (SSSR count). The lowest BCUT2D eigenvalue weighted by molar-refractivity contribution is 0.0407. The predicted molar refractivity (Wildman–Crippen MR) is 101 cm³/mol. The van der Waals surface area contributed by atoms with Crippen molar-refractivity contribution in [1.29, 1.82) is 0 Å². The Labute approximate surface area is 156 Å². The summed E-state index contributed by atoms with van der Waals surface area (Å²) in [5.41, 5.74) is 1.45. The molecule has 3 aromatic heterocycles. The topological polar surface area (TPSA) is 88.0 Å². The van der Waals surface area contributed by atoms with Crippen molar-refractivity contribution in [2.75, 3.05) is 0 Å². The normalized spacial score (nSPS) is 12.8. The minimum Gasteiger partial charge on any atom is -0.388 e. The molecule has 1 amide bonds. The fraction of sp³-hybridized carbons (Fsp3) is 0.263. The Hall–Kier alpha value is -2.57. The van der Waals surface area contributed by atoms with Gasteiger partial charge in [-0.25, -0.2) is 9.97 Å². The number of amides is 1. The van der Waals surface area contributed by atoms with Gasteiger partial charge in [-0.2, -0.15) is 0 Å². The summed E-state index contributed by atoms with van der Waals surface area (Å²) in [5, 5.41) is 14.0. The van der Waals surface area contributed by atoms with Gasteiger partial charge in [-0.3, -0.25) is 9.78 Å². The summed E-state index contributed by atoms with van der Waals surface area (Å²) in [6.45, 7) is 5.03. The van der Waals surface area contributed by atoms with Gasteiger partial charge < -0.3 is 10.4 Å². The van der Waals surface area contributed by atoms with E-state index in [9.17, 15) is 9.90 Å². The van der Waals surface area contributed by atoms with E-state index in [4.69, 9.17) is 11.6 Å². The third kappa shape index (κ3) is 3.81. The number of nitrogens with zero attached hydrogens (tertiary/aromatic N) is 3. The van der Waals surface area contributed by atoms with E-state index in [0.29, 0.717) is 10.7 Å². The lowest BCUT2D eigenvalue weighted by Gasteiger charge is -2.26. The summed E-state index contributed by atoms with van der Waals surface area (Å²) in [6, 6.07) is 6.53. The second-order valence-corrected chi connectivity index (χ2v) is 7.06. The molecule has 0 spiro atoms. The van der Waals surface area contributed by atoms with Crippen LogP contribution < -0.4 is 5.32 Å². The number of halogens is 1. The first-order chi connectivity index (χ1) is 12.3. The number of pyridine rings is 3. The van der Waals surface area contributed by atoms with Gasteiger partial charge in [0.05, 0.1) is 17.2 Å². The van der Waals surface area contributed by atoms with E-state index in [-0.39, 0.29) is 11.6 Å². The highest BCUT2D eigenvalue weighted by Gasteiger charge is 2.24. The number of carbonyl (C=O) groups is 1. The van der Waals surface area contributed by atoms with Crippen LogP contribution in [0.5, 0.6) is 0 Å². The monoisotopic (exact) mass is 370 g/mol. The summed E-state index contributed by atoms with van der Waals surface area (Å²) in [7, 11) is 0. The van der Waals surface area contributed by atoms with Crippen molar-refractivity contribution >= 4 is 28.4 Å². The number of nitrogens with one attached hydrogen (secondary N) is 1. The molecule has 134 valence electrons. The van der Waals surface area contributed by atoms with Gasteiger partial charge in [0.2, 0.25) is 0 Å². The van der Waals surface area contributed by atoms with Crippen LogP contribution in [0.4, 0.5) is 0 Å². The van der Waals surface area contributed by atoms with Crippen LogP contribution in [0.3, 0.4) is 0 Å². The van der Waals surface area contributed by atoms with Crippen LogP contribution in [0.25, 0.3) is 22.0 Å². The first-order valence-corrected chi connectivity index (χ1v) is 8.53.